The molecule has 0 amide bonds. The van der Waals surface area contributed by atoms with Crippen LogP contribution < -0.4 is 4.74 Å². The molecule has 0 N–H and O–H groups in total. The minimum absolute atomic E-state index is 0.199. The van der Waals surface area contributed by atoms with Crippen LogP contribution in [-0.2, 0) is 16.0 Å². The molecule has 0 spiro atoms. The van der Waals surface area contributed by atoms with Gasteiger partial charge in [-0.2, -0.15) is 0 Å². The van der Waals surface area contributed by atoms with Gasteiger partial charge in [0, 0.05) is 6.54 Å². The molecule has 0 unspecified atom stereocenters. The molecule has 0 bridgehead atoms. The predicted molar refractivity (Wildman–Crippen MR) is 124 cm³/mol. The van der Waals surface area contributed by atoms with Crippen LogP contribution in [0.3, 0.4) is 0 Å². The molecule has 1 fully saturated rings. The fraction of sp³-hybridized carbons (Fsp3) is 0.731. The van der Waals surface area contributed by atoms with Crippen molar-refractivity contribution in [2.75, 3.05) is 26.7 Å². The van der Waals surface area contributed by atoms with Crippen molar-refractivity contribution in [1.82, 2.24) is 4.90 Å². The molecule has 1 aromatic carbocycles. The number of carbonyl (C=O) groups is 1. The van der Waals surface area contributed by atoms with Crippen molar-refractivity contribution in [1.29, 1.82) is 0 Å². The number of esters is 1. The van der Waals surface area contributed by atoms with Gasteiger partial charge < -0.3 is 9.47 Å². The second-order valence-corrected chi connectivity index (χ2v) is 11.1. The number of benzene rings is 1. The third kappa shape index (κ3) is 9.07. The van der Waals surface area contributed by atoms with E-state index < -0.39 is 5.60 Å². The molecule has 0 radical (unpaired) electrons. The van der Waals surface area contributed by atoms with Crippen LogP contribution >= 0.6 is 0 Å². The summed E-state index contributed by atoms with van der Waals surface area (Å²) in [6.07, 6.45) is 7.69. The Morgan fingerprint density at radius 2 is 1.73 bits per heavy atom. The molecule has 1 aliphatic carbocycles. The second-order valence-electron chi connectivity index (χ2n) is 11.1. The highest BCUT2D eigenvalue weighted by Gasteiger charge is 2.21. The molecular weight excluding hydrogens is 374 g/mol. The van der Waals surface area contributed by atoms with E-state index in [0.717, 1.165) is 12.2 Å². The third-order valence-electron chi connectivity index (χ3n) is 5.43. The number of hydrogen-bond donors (Lipinski definition) is 0. The van der Waals surface area contributed by atoms with Gasteiger partial charge in [0.25, 0.3) is 0 Å². The molecule has 30 heavy (non-hydrogen) atoms. The Kier molecular flexibility index (Phi) is 8.78. The van der Waals surface area contributed by atoms with Gasteiger partial charge in [0.1, 0.15) is 18.0 Å². The average molecular weight is 418 g/mol. The van der Waals surface area contributed by atoms with Gasteiger partial charge in [-0.05, 0) is 75.6 Å². The van der Waals surface area contributed by atoms with Crippen LogP contribution in [0, 0.1) is 5.41 Å². The Morgan fingerprint density at radius 3 is 2.33 bits per heavy atom. The molecule has 170 valence electrons. The van der Waals surface area contributed by atoms with Crippen molar-refractivity contribution >= 4 is 5.97 Å². The highest BCUT2D eigenvalue weighted by molar-refractivity contribution is 5.72. The summed E-state index contributed by atoms with van der Waals surface area (Å²) in [5.74, 6) is 1.48. The van der Waals surface area contributed by atoms with Crippen LogP contribution in [0.1, 0.15) is 90.7 Å². The van der Waals surface area contributed by atoms with E-state index in [1.807, 2.05) is 32.7 Å². The molecule has 0 saturated heterocycles. The fourth-order valence-corrected chi connectivity index (χ4v) is 4.12. The normalized spacial score (nSPS) is 16.0. The maximum atomic E-state index is 12.0. The number of nitrogens with zero attached hydrogens (tertiary/aromatic N) is 1. The van der Waals surface area contributed by atoms with E-state index >= 15 is 0 Å². The Labute approximate surface area is 184 Å². The Balaban J connectivity index is 1.97. The van der Waals surface area contributed by atoms with Crippen molar-refractivity contribution in [3.05, 3.63) is 29.3 Å². The average Bonchev–Trinajstić information content (AvgIpc) is 2.60. The zero-order valence-corrected chi connectivity index (χ0v) is 20.3. The minimum Gasteiger partial charge on any atom is -0.492 e. The Bertz CT molecular complexity index is 678. The van der Waals surface area contributed by atoms with Crippen molar-refractivity contribution in [2.45, 2.75) is 91.6 Å². The van der Waals surface area contributed by atoms with Crippen molar-refractivity contribution in [2.24, 2.45) is 5.41 Å². The van der Waals surface area contributed by atoms with E-state index in [4.69, 9.17) is 9.47 Å². The van der Waals surface area contributed by atoms with Gasteiger partial charge in [-0.3, -0.25) is 9.69 Å². The SMILES string of the molecule is CN(CCOc1ccc(C2CCCCC2)cc1CC(C)(C)C)CC(=O)OC(C)(C)C. The van der Waals surface area contributed by atoms with Crippen LogP contribution in [0.25, 0.3) is 0 Å². The van der Waals surface area contributed by atoms with Crippen LogP contribution in [0.2, 0.25) is 0 Å². The molecular formula is C26H43NO3. The predicted octanol–water partition coefficient (Wildman–Crippen LogP) is 5.98. The zero-order valence-electron chi connectivity index (χ0n) is 20.3. The molecule has 2 rings (SSSR count). The molecule has 1 saturated carbocycles. The lowest BCUT2D eigenvalue weighted by atomic mass is 9.81. The summed E-state index contributed by atoms with van der Waals surface area (Å²) in [5.41, 5.74) is 2.54. The molecule has 0 aliphatic heterocycles. The van der Waals surface area contributed by atoms with E-state index in [9.17, 15) is 4.79 Å². The lowest BCUT2D eigenvalue weighted by molar-refractivity contribution is -0.155. The Hall–Kier alpha value is -1.55. The summed E-state index contributed by atoms with van der Waals surface area (Å²) in [5, 5.41) is 0. The van der Waals surface area contributed by atoms with E-state index in [-0.39, 0.29) is 17.9 Å². The first-order valence-electron chi connectivity index (χ1n) is 11.6. The first kappa shape index (κ1) is 24.7. The van der Waals surface area contributed by atoms with Crippen molar-refractivity contribution in [3.63, 3.8) is 0 Å². The quantitative estimate of drug-likeness (QED) is 0.488. The van der Waals surface area contributed by atoms with E-state index in [0.29, 0.717) is 19.1 Å². The lowest BCUT2D eigenvalue weighted by Gasteiger charge is -2.26. The standard InChI is InChI=1S/C26H43NO3/c1-25(2,3)18-22-17-21(20-11-9-8-10-12-20)13-14-23(22)29-16-15-27(7)19-24(28)30-26(4,5)6/h13-14,17,20H,8-12,15-16,18-19H2,1-7H3. The van der Waals surface area contributed by atoms with Gasteiger partial charge in [-0.1, -0.05) is 52.2 Å². The fourth-order valence-electron chi connectivity index (χ4n) is 4.12. The van der Waals surface area contributed by atoms with Gasteiger partial charge in [0.05, 0.1) is 6.54 Å². The molecule has 1 aliphatic rings. The third-order valence-corrected chi connectivity index (χ3v) is 5.43. The summed E-state index contributed by atoms with van der Waals surface area (Å²) in [4.78, 5) is 13.9. The first-order chi connectivity index (χ1) is 13.9. The lowest BCUT2D eigenvalue weighted by Crippen LogP contribution is -2.34. The molecule has 4 heteroatoms. The van der Waals surface area contributed by atoms with Gasteiger partial charge in [-0.25, -0.2) is 0 Å². The largest absolute Gasteiger partial charge is 0.492 e. The summed E-state index contributed by atoms with van der Waals surface area (Å²) in [6.45, 7) is 14.0. The van der Waals surface area contributed by atoms with Crippen LogP contribution in [-0.4, -0.2) is 43.2 Å². The number of rotatable bonds is 8. The number of likely N-dealkylation sites (N-methyl/N-ethyl adjacent to an activating group) is 1. The maximum Gasteiger partial charge on any atom is 0.320 e. The molecule has 1 aromatic rings. The van der Waals surface area contributed by atoms with E-state index in [2.05, 4.69) is 39.0 Å². The molecule has 0 heterocycles. The first-order valence-corrected chi connectivity index (χ1v) is 11.6. The monoisotopic (exact) mass is 417 g/mol. The van der Waals surface area contributed by atoms with Gasteiger partial charge in [0.2, 0.25) is 0 Å². The molecule has 0 aromatic heterocycles. The van der Waals surface area contributed by atoms with Crippen molar-refractivity contribution < 1.29 is 14.3 Å². The number of hydrogen-bond acceptors (Lipinski definition) is 4. The zero-order chi connectivity index (χ0) is 22.4. The summed E-state index contributed by atoms with van der Waals surface area (Å²) >= 11 is 0. The van der Waals surface area contributed by atoms with Crippen LogP contribution in [0.4, 0.5) is 0 Å². The molecule has 0 atom stereocenters. The molecule has 4 nitrogen and oxygen atoms in total. The number of carbonyl (C=O) groups excluding carboxylic acids is 1. The van der Waals surface area contributed by atoms with Gasteiger partial charge >= 0.3 is 5.97 Å². The summed E-state index contributed by atoms with van der Waals surface area (Å²) < 4.78 is 11.6. The Morgan fingerprint density at radius 1 is 1.07 bits per heavy atom. The minimum atomic E-state index is -0.448. The van der Waals surface area contributed by atoms with Crippen LogP contribution in [0.15, 0.2) is 18.2 Å². The topological polar surface area (TPSA) is 38.8 Å². The van der Waals surface area contributed by atoms with Gasteiger partial charge in [0.15, 0.2) is 0 Å². The highest BCUT2D eigenvalue weighted by Crippen LogP contribution is 2.36. The second kappa shape index (κ2) is 10.7. The summed E-state index contributed by atoms with van der Waals surface area (Å²) in [7, 11) is 1.93. The smallest absolute Gasteiger partial charge is 0.320 e. The van der Waals surface area contributed by atoms with E-state index in [1.54, 1.807) is 0 Å². The van der Waals surface area contributed by atoms with Crippen molar-refractivity contribution in [3.8, 4) is 5.75 Å². The van der Waals surface area contributed by atoms with Gasteiger partial charge in [-0.15, -0.1) is 0 Å². The van der Waals surface area contributed by atoms with E-state index in [1.165, 1.54) is 43.2 Å². The highest BCUT2D eigenvalue weighted by atomic mass is 16.6. The summed E-state index contributed by atoms with van der Waals surface area (Å²) in [6, 6.07) is 6.82. The van der Waals surface area contributed by atoms with Crippen LogP contribution in [0.5, 0.6) is 5.75 Å². The number of ether oxygens (including phenoxy) is 2. The maximum absolute atomic E-state index is 12.0.